The van der Waals surface area contributed by atoms with Gasteiger partial charge in [-0.2, -0.15) is 5.26 Å². The Balaban J connectivity index is 2.05. The summed E-state index contributed by atoms with van der Waals surface area (Å²) >= 11 is 0. The van der Waals surface area contributed by atoms with Gasteiger partial charge in [-0.25, -0.2) is 0 Å². The van der Waals surface area contributed by atoms with Crippen molar-refractivity contribution in [3.05, 3.63) is 35.9 Å². The van der Waals surface area contributed by atoms with E-state index in [9.17, 15) is 10.1 Å². The highest BCUT2D eigenvalue weighted by Crippen LogP contribution is 2.19. The molecule has 0 radical (unpaired) electrons. The van der Waals surface area contributed by atoms with Crippen molar-refractivity contribution in [3.63, 3.8) is 0 Å². The van der Waals surface area contributed by atoms with Gasteiger partial charge in [-0.15, -0.1) is 0 Å². The Morgan fingerprint density at radius 3 is 2.71 bits per heavy atom. The summed E-state index contributed by atoms with van der Waals surface area (Å²) in [6.07, 6.45) is 2.67. The van der Waals surface area contributed by atoms with Crippen LogP contribution in [0.25, 0.3) is 0 Å². The van der Waals surface area contributed by atoms with Crippen LogP contribution in [-0.4, -0.2) is 23.9 Å². The summed E-state index contributed by atoms with van der Waals surface area (Å²) in [7, 11) is 0. The van der Waals surface area contributed by atoms with E-state index < -0.39 is 0 Å². The molecule has 1 aromatic carbocycles. The molecule has 1 aromatic rings. The van der Waals surface area contributed by atoms with Gasteiger partial charge in [0, 0.05) is 19.5 Å². The fourth-order valence-corrected chi connectivity index (χ4v) is 2.18. The zero-order chi connectivity index (χ0) is 12.1. The summed E-state index contributed by atoms with van der Waals surface area (Å²) < 4.78 is 0. The maximum atomic E-state index is 11.7. The van der Waals surface area contributed by atoms with Crippen LogP contribution in [0.1, 0.15) is 30.7 Å². The van der Waals surface area contributed by atoms with Gasteiger partial charge in [0.25, 0.3) is 0 Å². The van der Waals surface area contributed by atoms with Gasteiger partial charge in [0.1, 0.15) is 0 Å². The van der Waals surface area contributed by atoms with E-state index in [-0.39, 0.29) is 11.8 Å². The number of likely N-dealkylation sites (tertiary alicyclic amines) is 1. The second-order valence-corrected chi connectivity index (χ2v) is 4.39. The minimum Gasteiger partial charge on any atom is -0.341 e. The molecule has 88 valence electrons. The van der Waals surface area contributed by atoms with Gasteiger partial charge in [0.05, 0.1) is 12.0 Å². The molecule has 0 aliphatic carbocycles. The summed E-state index contributed by atoms with van der Waals surface area (Å²) in [6.45, 7) is 1.32. The monoisotopic (exact) mass is 228 g/mol. The van der Waals surface area contributed by atoms with E-state index in [1.54, 1.807) is 0 Å². The van der Waals surface area contributed by atoms with Gasteiger partial charge < -0.3 is 4.90 Å². The molecule has 0 saturated carbocycles. The Bertz CT molecular complexity index is 422. The highest BCUT2D eigenvalue weighted by atomic mass is 16.2. The first-order chi connectivity index (χ1) is 8.31. The number of amides is 1. The van der Waals surface area contributed by atoms with E-state index in [4.69, 9.17) is 0 Å². The molecule has 0 bridgehead atoms. The molecule has 3 nitrogen and oxygen atoms in total. The zero-order valence-electron chi connectivity index (χ0n) is 9.80. The minimum atomic E-state index is -0.210. The molecule has 1 unspecified atom stereocenters. The smallest absolute Gasteiger partial charge is 0.222 e. The zero-order valence-corrected chi connectivity index (χ0v) is 9.80. The van der Waals surface area contributed by atoms with Gasteiger partial charge in [-0.3, -0.25) is 4.79 Å². The van der Waals surface area contributed by atoms with Crippen molar-refractivity contribution in [2.75, 3.05) is 13.1 Å². The van der Waals surface area contributed by atoms with Crippen LogP contribution in [0.5, 0.6) is 0 Å². The maximum Gasteiger partial charge on any atom is 0.222 e. The first-order valence-corrected chi connectivity index (χ1v) is 6.03. The Labute approximate surface area is 102 Å². The van der Waals surface area contributed by atoms with Crippen molar-refractivity contribution < 1.29 is 4.79 Å². The Kier molecular flexibility index (Phi) is 3.77. The second kappa shape index (κ2) is 5.49. The SMILES string of the molecule is N#CC(CN1CCCCC1=O)c1ccccc1. The largest absolute Gasteiger partial charge is 0.341 e. The number of piperidine rings is 1. The third-order valence-electron chi connectivity index (χ3n) is 3.18. The van der Waals surface area contributed by atoms with E-state index >= 15 is 0 Å². The molecule has 0 spiro atoms. The van der Waals surface area contributed by atoms with Crippen LogP contribution in [-0.2, 0) is 4.79 Å². The third-order valence-corrected chi connectivity index (χ3v) is 3.18. The van der Waals surface area contributed by atoms with E-state index in [2.05, 4.69) is 6.07 Å². The van der Waals surface area contributed by atoms with Crippen LogP contribution in [0.2, 0.25) is 0 Å². The van der Waals surface area contributed by atoms with E-state index in [0.717, 1.165) is 24.9 Å². The fraction of sp³-hybridized carbons (Fsp3) is 0.429. The first-order valence-electron chi connectivity index (χ1n) is 6.03. The number of hydrogen-bond donors (Lipinski definition) is 0. The maximum absolute atomic E-state index is 11.7. The standard InChI is InChI=1S/C14H16N2O/c15-10-13(12-6-2-1-3-7-12)11-16-9-5-4-8-14(16)17/h1-3,6-7,13H,4-5,8-9,11H2. The lowest BCUT2D eigenvalue weighted by Gasteiger charge is -2.28. The van der Waals surface area contributed by atoms with Gasteiger partial charge in [0.2, 0.25) is 5.91 Å². The number of carbonyl (C=O) groups excluding carboxylic acids is 1. The predicted molar refractivity (Wildman–Crippen MR) is 65.2 cm³/mol. The summed E-state index contributed by atoms with van der Waals surface area (Å²) in [5, 5.41) is 9.21. The molecule has 1 atom stereocenters. The number of carbonyl (C=O) groups is 1. The van der Waals surface area contributed by atoms with Gasteiger partial charge in [-0.05, 0) is 18.4 Å². The lowest BCUT2D eigenvalue weighted by atomic mass is 9.99. The molecule has 1 amide bonds. The number of rotatable bonds is 3. The molecule has 2 rings (SSSR count). The lowest BCUT2D eigenvalue weighted by molar-refractivity contribution is -0.133. The van der Waals surface area contributed by atoms with Crippen molar-refractivity contribution >= 4 is 5.91 Å². The van der Waals surface area contributed by atoms with E-state index in [1.807, 2.05) is 35.2 Å². The summed E-state index contributed by atoms with van der Waals surface area (Å²) in [6, 6.07) is 12.0. The van der Waals surface area contributed by atoms with Crippen LogP contribution < -0.4 is 0 Å². The van der Waals surface area contributed by atoms with Gasteiger partial charge in [0.15, 0.2) is 0 Å². The van der Waals surface area contributed by atoms with Crippen molar-refractivity contribution in [3.8, 4) is 6.07 Å². The van der Waals surface area contributed by atoms with Crippen molar-refractivity contribution in [2.45, 2.75) is 25.2 Å². The molecule has 1 saturated heterocycles. The van der Waals surface area contributed by atoms with Crippen LogP contribution in [0.15, 0.2) is 30.3 Å². The number of nitriles is 1. The quantitative estimate of drug-likeness (QED) is 0.796. The molecular formula is C14H16N2O. The third kappa shape index (κ3) is 2.85. The van der Waals surface area contributed by atoms with Crippen LogP contribution >= 0.6 is 0 Å². The molecule has 0 N–H and O–H groups in total. The van der Waals surface area contributed by atoms with E-state index in [1.165, 1.54) is 0 Å². The van der Waals surface area contributed by atoms with Crippen molar-refractivity contribution in [2.24, 2.45) is 0 Å². The fourth-order valence-electron chi connectivity index (χ4n) is 2.18. The normalized spacial score (nSPS) is 17.6. The highest BCUT2D eigenvalue weighted by molar-refractivity contribution is 5.76. The molecule has 1 fully saturated rings. The molecule has 0 aromatic heterocycles. The first kappa shape index (κ1) is 11.7. The molecule has 17 heavy (non-hydrogen) atoms. The average Bonchev–Trinajstić information content (AvgIpc) is 2.39. The molecular weight excluding hydrogens is 212 g/mol. The molecule has 1 aliphatic rings. The highest BCUT2D eigenvalue weighted by Gasteiger charge is 2.22. The number of hydrogen-bond acceptors (Lipinski definition) is 2. The molecule has 1 heterocycles. The van der Waals surface area contributed by atoms with E-state index in [0.29, 0.717) is 13.0 Å². The van der Waals surface area contributed by atoms with Crippen LogP contribution in [0.3, 0.4) is 0 Å². The second-order valence-electron chi connectivity index (χ2n) is 4.39. The van der Waals surface area contributed by atoms with Gasteiger partial charge >= 0.3 is 0 Å². The average molecular weight is 228 g/mol. The number of nitrogens with zero attached hydrogens (tertiary/aromatic N) is 2. The summed E-state index contributed by atoms with van der Waals surface area (Å²) in [4.78, 5) is 13.5. The van der Waals surface area contributed by atoms with Crippen molar-refractivity contribution in [1.82, 2.24) is 4.90 Å². The molecule has 1 aliphatic heterocycles. The minimum absolute atomic E-state index is 0.187. The Morgan fingerprint density at radius 1 is 1.29 bits per heavy atom. The molecule has 3 heteroatoms. The topological polar surface area (TPSA) is 44.1 Å². The Hall–Kier alpha value is -1.82. The Morgan fingerprint density at radius 2 is 2.06 bits per heavy atom. The summed E-state index contributed by atoms with van der Waals surface area (Å²) in [5.74, 6) is -0.0225. The van der Waals surface area contributed by atoms with Crippen LogP contribution in [0.4, 0.5) is 0 Å². The lowest BCUT2D eigenvalue weighted by Crippen LogP contribution is -2.38. The van der Waals surface area contributed by atoms with Crippen molar-refractivity contribution in [1.29, 1.82) is 5.26 Å². The summed E-state index contributed by atoms with van der Waals surface area (Å²) in [5.41, 5.74) is 0.994. The predicted octanol–water partition coefficient (Wildman–Crippen LogP) is 2.31. The van der Waals surface area contributed by atoms with Gasteiger partial charge in [-0.1, -0.05) is 30.3 Å². The van der Waals surface area contributed by atoms with Crippen LogP contribution in [0, 0.1) is 11.3 Å². The number of benzene rings is 1.